The second-order valence-corrected chi connectivity index (χ2v) is 13.9. The van der Waals surface area contributed by atoms with E-state index in [-0.39, 0.29) is 0 Å². The Bertz CT molecular complexity index is 3040. The van der Waals surface area contributed by atoms with Gasteiger partial charge in [0.15, 0.2) is 36.1 Å². The summed E-state index contributed by atoms with van der Waals surface area (Å²) in [6.07, 6.45) is 7.01. The lowest BCUT2D eigenvalue weighted by atomic mass is 10.1. The molecule has 0 amide bonds. The van der Waals surface area contributed by atoms with Gasteiger partial charge in [0, 0.05) is 49.0 Å². The van der Waals surface area contributed by atoms with Crippen molar-refractivity contribution < 1.29 is 0 Å². The molecule has 54 heavy (non-hydrogen) atoms. The number of hydrogen-bond acceptors (Lipinski definition) is 6. The van der Waals surface area contributed by atoms with Gasteiger partial charge in [-0.15, -0.1) is 0 Å². The fourth-order valence-electron chi connectivity index (χ4n) is 7.92. The predicted molar refractivity (Wildman–Crippen MR) is 212 cm³/mol. The van der Waals surface area contributed by atoms with Gasteiger partial charge in [0.2, 0.25) is 0 Å². The molecule has 0 aliphatic carbocycles. The van der Waals surface area contributed by atoms with Crippen molar-refractivity contribution in [2.24, 2.45) is 0 Å². The summed E-state index contributed by atoms with van der Waals surface area (Å²) in [5.41, 5.74) is 10.6. The van der Waals surface area contributed by atoms with Gasteiger partial charge in [-0.05, 0) is 112 Å². The van der Waals surface area contributed by atoms with Crippen LogP contribution in [0, 0.1) is 55.1 Å². The van der Waals surface area contributed by atoms with Crippen LogP contribution in [0.2, 0.25) is 0 Å². The molecule has 10 aromatic rings. The zero-order valence-electron chi connectivity index (χ0n) is 29.4. The molecule has 4 heterocycles. The lowest BCUT2D eigenvalue weighted by Crippen LogP contribution is -2.00. The Morgan fingerprint density at radius 2 is 0.593 bits per heavy atom. The van der Waals surface area contributed by atoms with Gasteiger partial charge < -0.3 is 0 Å². The Kier molecular flexibility index (Phi) is 6.51. The Hall–Kier alpha value is -7.80. The molecule has 10 rings (SSSR count). The summed E-state index contributed by atoms with van der Waals surface area (Å²) in [5, 5.41) is 36.0. The highest BCUT2D eigenvalue weighted by atomic mass is 15.0. The third kappa shape index (κ3) is 4.45. The molecule has 9 heteroatoms. The predicted octanol–water partition coefficient (Wildman–Crippen LogP) is 10.1. The fraction of sp³-hybridized carbons (Fsp3) is 0.0667. The molecule has 9 nitrogen and oxygen atoms in total. The Labute approximate surface area is 308 Å². The van der Waals surface area contributed by atoms with Crippen LogP contribution in [-0.2, 0) is 0 Å². The van der Waals surface area contributed by atoms with E-state index in [1.807, 2.05) is 112 Å². The highest BCUT2D eigenvalue weighted by molar-refractivity contribution is 6.12. The zero-order chi connectivity index (χ0) is 36.8. The average molecular weight is 694 g/mol. The minimum absolute atomic E-state index is 0.480. The van der Waals surface area contributed by atoms with Gasteiger partial charge in [0.05, 0.1) is 33.1 Å². The monoisotopic (exact) mass is 693 g/mol. The maximum absolute atomic E-state index is 10.1. The van der Waals surface area contributed by atoms with Crippen LogP contribution in [-0.4, -0.2) is 28.7 Å². The number of benzene rings is 6. The average Bonchev–Trinajstić information content (AvgIpc) is 3.80. The lowest BCUT2D eigenvalue weighted by molar-refractivity contribution is 1.08. The Morgan fingerprint density at radius 1 is 0.352 bits per heavy atom. The molecule has 252 valence electrons. The number of aryl methyl sites for hydroxylation is 3. The van der Waals surface area contributed by atoms with E-state index < -0.39 is 0 Å². The van der Waals surface area contributed by atoms with Crippen LogP contribution in [0.5, 0.6) is 0 Å². The Balaban J connectivity index is 1.24. The number of hydrogen-bond donors (Lipinski definition) is 0. The first kappa shape index (κ1) is 31.0. The van der Waals surface area contributed by atoms with Gasteiger partial charge in [-0.2, -0.15) is 15.8 Å². The van der Waals surface area contributed by atoms with Crippen LogP contribution >= 0.6 is 0 Å². The number of nitriles is 3. The molecule has 0 fully saturated rings. The van der Waals surface area contributed by atoms with Gasteiger partial charge >= 0.3 is 0 Å². The SMILES string of the molecule is Cc1ccc2c(c1)c1cc(-c3nc(-c4ccc5c(c4)c4cc(C)ccc4n5C#N)nc(-c4ccc5c(c4)c4cc(C)ccc4n5C#N)n3)ccc1n2C#N. The van der Waals surface area contributed by atoms with Gasteiger partial charge in [0.1, 0.15) is 0 Å². The Morgan fingerprint density at radius 3 is 0.852 bits per heavy atom. The molecule has 0 aliphatic heterocycles. The van der Waals surface area contributed by atoms with Crippen LogP contribution in [0.1, 0.15) is 16.7 Å². The first-order valence-corrected chi connectivity index (χ1v) is 17.5. The number of aromatic nitrogens is 6. The minimum Gasteiger partial charge on any atom is -0.246 e. The topological polar surface area (TPSA) is 125 Å². The van der Waals surface area contributed by atoms with Crippen molar-refractivity contribution in [3.05, 3.63) is 126 Å². The number of nitrogens with zero attached hydrogens (tertiary/aromatic N) is 9. The molecule has 0 spiro atoms. The second kappa shape index (κ2) is 11.4. The van der Waals surface area contributed by atoms with Crippen molar-refractivity contribution in [3.8, 4) is 52.7 Å². The minimum atomic E-state index is 0.480. The molecular formula is C45H27N9. The first-order valence-electron chi connectivity index (χ1n) is 17.5. The number of rotatable bonds is 3. The highest BCUT2D eigenvalue weighted by Crippen LogP contribution is 2.37. The van der Waals surface area contributed by atoms with Crippen LogP contribution in [0.4, 0.5) is 0 Å². The summed E-state index contributed by atoms with van der Waals surface area (Å²) in [6, 6.07) is 36.1. The second-order valence-electron chi connectivity index (χ2n) is 13.9. The number of fused-ring (bicyclic) bond motifs is 9. The van der Waals surface area contributed by atoms with E-state index in [2.05, 4.69) is 36.8 Å². The van der Waals surface area contributed by atoms with Gasteiger partial charge in [-0.25, -0.2) is 28.7 Å². The van der Waals surface area contributed by atoms with Gasteiger partial charge in [-0.1, -0.05) is 34.9 Å². The molecule has 0 saturated carbocycles. The first-order chi connectivity index (χ1) is 26.3. The largest absolute Gasteiger partial charge is 0.246 e. The molecule has 0 unspecified atom stereocenters. The summed E-state index contributed by atoms with van der Waals surface area (Å²) in [7, 11) is 0. The van der Waals surface area contributed by atoms with Crippen molar-refractivity contribution in [1.82, 2.24) is 28.7 Å². The van der Waals surface area contributed by atoms with E-state index in [0.29, 0.717) is 17.5 Å². The third-order valence-electron chi connectivity index (χ3n) is 10.5. The summed E-state index contributed by atoms with van der Waals surface area (Å²) in [5.74, 6) is 1.44. The van der Waals surface area contributed by atoms with E-state index in [1.165, 1.54) is 0 Å². The van der Waals surface area contributed by atoms with Gasteiger partial charge in [0.25, 0.3) is 0 Å². The molecular weight excluding hydrogens is 667 g/mol. The molecule has 0 N–H and O–H groups in total. The standard InChI is InChI=1S/C45H27N9/c1-25-4-10-37-31(16-25)34-19-28(7-13-40(34)52(37)22-46)43-49-44(29-8-14-41-35(20-29)32-17-26(2)5-11-38(32)53(41)23-47)51-45(50-43)30-9-15-42-36(21-30)33-18-27(3)6-12-39(33)54(42)24-48/h4-21H,1-3H3. The van der Waals surface area contributed by atoms with Crippen molar-refractivity contribution >= 4 is 65.4 Å². The molecule has 0 radical (unpaired) electrons. The molecule has 0 saturated heterocycles. The quantitative estimate of drug-likeness (QED) is 0.181. The summed E-state index contributed by atoms with van der Waals surface area (Å²) < 4.78 is 4.96. The molecule has 6 aromatic carbocycles. The van der Waals surface area contributed by atoms with E-state index in [4.69, 9.17) is 15.0 Å². The normalized spacial score (nSPS) is 11.6. The van der Waals surface area contributed by atoms with E-state index >= 15 is 0 Å². The van der Waals surface area contributed by atoms with Crippen molar-refractivity contribution in [3.63, 3.8) is 0 Å². The van der Waals surface area contributed by atoms with Crippen molar-refractivity contribution in [2.45, 2.75) is 20.8 Å². The molecule has 0 atom stereocenters. The van der Waals surface area contributed by atoms with Crippen LogP contribution < -0.4 is 0 Å². The van der Waals surface area contributed by atoms with E-state index in [1.54, 1.807) is 13.7 Å². The van der Waals surface area contributed by atoms with E-state index in [9.17, 15) is 15.8 Å². The van der Waals surface area contributed by atoms with Gasteiger partial charge in [-0.3, -0.25) is 0 Å². The zero-order valence-corrected chi connectivity index (χ0v) is 29.4. The lowest BCUT2D eigenvalue weighted by Gasteiger charge is -2.09. The molecule has 0 aliphatic rings. The van der Waals surface area contributed by atoms with Crippen LogP contribution in [0.3, 0.4) is 0 Å². The molecule has 0 bridgehead atoms. The summed E-state index contributed by atoms with van der Waals surface area (Å²) >= 11 is 0. The maximum atomic E-state index is 10.1. The summed E-state index contributed by atoms with van der Waals surface area (Å²) in [4.78, 5) is 15.3. The molecule has 4 aromatic heterocycles. The fourth-order valence-corrected chi connectivity index (χ4v) is 7.92. The third-order valence-corrected chi connectivity index (χ3v) is 10.5. The highest BCUT2D eigenvalue weighted by Gasteiger charge is 2.19. The van der Waals surface area contributed by atoms with Crippen molar-refractivity contribution in [1.29, 1.82) is 15.8 Å². The summed E-state index contributed by atoms with van der Waals surface area (Å²) in [6.45, 7) is 6.13. The van der Waals surface area contributed by atoms with Crippen molar-refractivity contribution in [2.75, 3.05) is 0 Å². The van der Waals surface area contributed by atoms with E-state index in [0.717, 1.165) is 98.8 Å². The van der Waals surface area contributed by atoms with Crippen LogP contribution in [0.15, 0.2) is 109 Å². The smallest absolute Gasteiger partial charge is 0.189 e. The van der Waals surface area contributed by atoms with Crippen LogP contribution in [0.25, 0.3) is 99.6 Å². The maximum Gasteiger partial charge on any atom is 0.189 e.